The molecule has 0 aromatic heterocycles. The zero-order valence-electron chi connectivity index (χ0n) is 28.7. The van der Waals surface area contributed by atoms with Crippen molar-refractivity contribution in [2.45, 2.75) is 159 Å². The molecule has 5 saturated carbocycles. The molecule has 1 amide bonds. The molecular formula is C36H61NO7S. The Hall–Kier alpha value is -0.580. The van der Waals surface area contributed by atoms with Crippen molar-refractivity contribution in [3.8, 4) is 0 Å². The summed E-state index contributed by atoms with van der Waals surface area (Å²) in [6.07, 6.45) is 9.67. The molecular weight excluding hydrogens is 590 g/mol. The Balaban J connectivity index is 0.00000372. The summed E-state index contributed by atoms with van der Waals surface area (Å²) in [5.41, 5.74) is -0.878. The first-order valence-electron chi connectivity index (χ1n) is 17.9. The standard InChI is InChI=1S/C36H59NO7S.H2/c1-31(2,3)44-30(39)37-16-17-41-28(19-37)43-27-12-13-35-20-34(35)14-15-36(45)22-8-10-24(29(38)33(6,7)40)42-25(22)18-23(36)21(34)9-11-26(35)32(27,4)5;/h21-29,38,40,45H,8-20H2,1-7H3;1H/t21?,22?,23?,24?,25?,26?,27-,28?,29-,34-,35+,36-;/m0./s1. The van der Waals surface area contributed by atoms with E-state index in [1.807, 2.05) is 20.8 Å². The van der Waals surface area contributed by atoms with Gasteiger partial charge in [-0.2, -0.15) is 12.6 Å². The number of rotatable bonds is 4. The van der Waals surface area contributed by atoms with Crippen LogP contribution in [-0.4, -0.2) is 87.6 Å². The van der Waals surface area contributed by atoms with Crippen LogP contribution in [0.15, 0.2) is 0 Å². The molecule has 2 aliphatic heterocycles. The largest absolute Gasteiger partial charge is 0.444 e. The van der Waals surface area contributed by atoms with Crippen LogP contribution in [0.5, 0.6) is 0 Å². The molecule has 0 aromatic carbocycles. The SMILES string of the molecule is CC(C)(C)OC(=O)N1CCOC(O[C@H]2CC[C@]34C[C@]35CC[C@]3(S)C6CCC([C@H](O)C(C)(C)O)OC6CC3C5CCC4C2(C)C)C1.[HH]. The molecule has 7 rings (SSSR count). The van der Waals surface area contributed by atoms with Crippen molar-refractivity contribution in [1.29, 1.82) is 0 Å². The van der Waals surface area contributed by atoms with Crippen molar-refractivity contribution < 1.29 is 35.4 Å². The van der Waals surface area contributed by atoms with Crippen molar-refractivity contribution in [1.82, 2.24) is 4.90 Å². The zero-order valence-corrected chi connectivity index (χ0v) is 29.6. The van der Waals surface area contributed by atoms with E-state index >= 15 is 0 Å². The molecule has 8 nitrogen and oxygen atoms in total. The number of hydrogen-bond donors (Lipinski definition) is 3. The van der Waals surface area contributed by atoms with E-state index in [4.69, 9.17) is 31.6 Å². The number of fused-ring (bicyclic) bond motifs is 4. The normalized spacial score (nSPS) is 47.8. The zero-order chi connectivity index (χ0) is 32.4. The molecule has 0 aromatic rings. The summed E-state index contributed by atoms with van der Waals surface area (Å²) < 4.78 is 25.1. The summed E-state index contributed by atoms with van der Waals surface area (Å²) in [5.74, 6) is 2.28. The van der Waals surface area contributed by atoms with Gasteiger partial charge in [-0.05, 0) is 139 Å². The number of thiol groups is 1. The third-order valence-electron chi connectivity index (χ3n) is 14.1. The summed E-state index contributed by atoms with van der Waals surface area (Å²) in [6, 6.07) is 0. The van der Waals surface area contributed by atoms with E-state index in [9.17, 15) is 15.0 Å². The quantitative estimate of drug-likeness (QED) is 0.311. The second kappa shape index (κ2) is 10.7. The highest BCUT2D eigenvalue weighted by molar-refractivity contribution is 7.81. The van der Waals surface area contributed by atoms with Crippen molar-refractivity contribution in [2.24, 2.45) is 39.9 Å². The van der Waals surface area contributed by atoms with Crippen LogP contribution in [-0.2, 0) is 18.9 Å². The van der Waals surface area contributed by atoms with Crippen molar-refractivity contribution in [3.05, 3.63) is 0 Å². The molecule has 0 radical (unpaired) electrons. The third-order valence-corrected chi connectivity index (χ3v) is 15.0. The van der Waals surface area contributed by atoms with Gasteiger partial charge in [0.2, 0.25) is 0 Å². The fourth-order valence-corrected chi connectivity index (χ4v) is 12.8. The molecule has 2 spiro atoms. The van der Waals surface area contributed by atoms with E-state index in [2.05, 4.69) is 13.8 Å². The Kier molecular flexibility index (Phi) is 7.84. The minimum absolute atomic E-state index is 0. The van der Waals surface area contributed by atoms with E-state index in [0.29, 0.717) is 54.2 Å². The molecule has 12 atom stereocenters. The van der Waals surface area contributed by atoms with Gasteiger partial charge in [0.25, 0.3) is 0 Å². The molecule has 45 heavy (non-hydrogen) atoms. The van der Waals surface area contributed by atoms with Crippen LogP contribution in [0.1, 0.15) is 114 Å². The first kappa shape index (κ1) is 32.9. The monoisotopic (exact) mass is 651 g/mol. The van der Waals surface area contributed by atoms with Crippen molar-refractivity contribution >= 4 is 18.7 Å². The minimum atomic E-state index is -1.17. The lowest BCUT2D eigenvalue weighted by Crippen LogP contribution is -2.57. The van der Waals surface area contributed by atoms with Gasteiger partial charge in [-0.1, -0.05) is 13.8 Å². The maximum absolute atomic E-state index is 12.8. The highest BCUT2D eigenvalue weighted by atomic mass is 32.1. The molecule has 2 saturated heterocycles. The summed E-state index contributed by atoms with van der Waals surface area (Å²) in [4.78, 5) is 14.5. The summed E-state index contributed by atoms with van der Waals surface area (Å²) in [5, 5.41) is 21.3. The van der Waals surface area contributed by atoms with Crippen LogP contribution < -0.4 is 0 Å². The van der Waals surface area contributed by atoms with Crippen LogP contribution >= 0.6 is 12.6 Å². The topological polar surface area (TPSA) is 97.7 Å². The number of carbonyl (C=O) groups excluding carboxylic acids is 1. The Bertz CT molecular complexity index is 1170. The number of hydrogen-bond acceptors (Lipinski definition) is 8. The van der Waals surface area contributed by atoms with Gasteiger partial charge in [-0.15, -0.1) is 0 Å². The molecule has 5 aliphatic carbocycles. The van der Waals surface area contributed by atoms with E-state index in [0.717, 1.165) is 32.1 Å². The molecule has 7 fully saturated rings. The summed E-state index contributed by atoms with van der Waals surface area (Å²) >= 11 is 5.56. The smallest absolute Gasteiger partial charge is 0.410 e. The number of aliphatic hydroxyl groups is 2. The lowest BCUT2D eigenvalue weighted by Gasteiger charge is -2.59. The van der Waals surface area contributed by atoms with Crippen molar-refractivity contribution in [2.75, 3.05) is 19.7 Å². The molecule has 9 heteroatoms. The average molecular weight is 652 g/mol. The van der Waals surface area contributed by atoms with Crippen LogP contribution in [0, 0.1) is 39.9 Å². The second-order valence-corrected chi connectivity index (χ2v) is 19.1. The van der Waals surface area contributed by atoms with Gasteiger partial charge >= 0.3 is 6.09 Å². The highest BCUT2D eigenvalue weighted by Crippen LogP contribution is 2.86. The maximum Gasteiger partial charge on any atom is 0.410 e. The Morgan fingerprint density at radius 1 is 1.00 bits per heavy atom. The fraction of sp³-hybridized carbons (Fsp3) is 0.972. The number of amides is 1. The van der Waals surface area contributed by atoms with E-state index < -0.39 is 23.6 Å². The second-order valence-electron chi connectivity index (χ2n) is 18.3. The number of aliphatic hydroxyl groups excluding tert-OH is 1. The first-order valence-corrected chi connectivity index (χ1v) is 18.4. The van der Waals surface area contributed by atoms with Gasteiger partial charge in [-0.3, -0.25) is 0 Å². The Morgan fingerprint density at radius 2 is 1.73 bits per heavy atom. The first-order chi connectivity index (χ1) is 20.9. The van der Waals surface area contributed by atoms with Gasteiger partial charge in [-0.25, -0.2) is 4.79 Å². The number of ether oxygens (including phenoxy) is 4. The van der Waals surface area contributed by atoms with Gasteiger partial charge < -0.3 is 34.1 Å². The molecule has 2 heterocycles. The average Bonchev–Trinajstić information content (AvgIpc) is 3.52. The molecule has 7 aliphatic rings. The van der Waals surface area contributed by atoms with Gasteiger partial charge in [0, 0.05) is 12.7 Å². The minimum Gasteiger partial charge on any atom is -0.444 e. The van der Waals surface area contributed by atoms with E-state index in [1.165, 1.54) is 32.1 Å². The van der Waals surface area contributed by atoms with Gasteiger partial charge in [0.05, 0.1) is 37.1 Å². The maximum atomic E-state index is 12.8. The van der Waals surface area contributed by atoms with Crippen LogP contribution in [0.3, 0.4) is 0 Å². The van der Waals surface area contributed by atoms with Gasteiger partial charge in [0.15, 0.2) is 6.29 Å². The Morgan fingerprint density at radius 3 is 2.44 bits per heavy atom. The lowest BCUT2D eigenvalue weighted by atomic mass is 9.48. The molecule has 258 valence electrons. The van der Waals surface area contributed by atoms with Crippen LogP contribution in [0.25, 0.3) is 0 Å². The number of morpholine rings is 1. The van der Waals surface area contributed by atoms with E-state index in [1.54, 1.807) is 18.7 Å². The van der Waals surface area contributed by atoms with Crippen molar-refractivity contribution in [3.63, 3.8) is 0 Å². The number of carbonyl (C=O) groups is 1. The van der Waals surface area contributed by atoms with Crippen LogP contribution in [0.4, 0.5) is 4.79 Å². The van der Waals surface area contributed by atoms with Gasteiger partial charge in [0.1, 0.15) is 11.7 Å². The predicted molar refractivity (Wildman–Crippen MR) is 176 cm³/mol. The molecule has 0 bridgehead atoms. The van der Waals surface area contributed by atoms with E-state index in [-0.39, 0.29) is 36.0 Å². The van der Waals surface area contributed by atoms with Crippen LogP contribution in [0.2, 0.25) is 0 Å². The lowest BCUT2D eigenvalue weighted by molar-refractivity contribution is -0.242. The number of nitrogens with zero attached hydrogens (tertiary/aromatic N) is 1. The highest BCUT2D eigenvalue weighted by Gasteiger charge is 2.81. The summed E-state index contributed by atoms with van der Waals surface area (Å²) in [7, 11) is 0. The fourth-order valence-electron chi connectivity index (χ4n) is 12.1. The molecule has 2 N–H and O–H groups in total. The Labute approximate surface area is 277 Å². The third kappa shape index (κ3) is 5.14. The predicted octanol–water partition coefficient (Wildman–Crippen LogP) is 6.21. The molecule has 7 unspecified atom stereocenters. The summed E-state index contributed by atoms with van der Waals surface area (Å²) in [6.45, 7) is 15.3.